The number of likely N-dealkylation sites (tertiary alicyclic amines) is 1. The minimum absolute atomic E-state index is 0.196. The minimum atomic E-state index is -0.196. The van der Waals surface area contributed by atoms with E-state index in [1.54, 1.807) is 0 Å². The van der Waals surface area contributed by atoms with Crippen LogP contribution < -0.4 is 0 Å². The summed E-state index contributed by atoms with van der Waals surface area (Å²) in [5, 5.41) is 15.3. The zero-order valence-electron chi connectivity index (χ0n) is 15.8. The molecule has 1 aromatic heterocycles. The highest BCUT2D eigenvalue weighted by Gasteiger charge is 2.20. The highest BCUT2D eigenvalue weighted by atomic mass is 35.5. The number of benzene rings is 2. The van der Waals surface area contributed by atoms with Crippen molar-refractivity contribution in [2.45, 2.75) is 32.5 Å². The summed E-state index contributed by atoms with van der Waals surface area (Å²) in [6.45, 7) is 4.37. The fraction of sp³-hybridized carbons (Fsp3) is 0.333. The normalized spacial score (nSPS) is 15.8. The third-order valence-corrected chi connectivity index (χ3v) is 5.74. The van der Waals surface area contributed by atoms with Gasteiger partial charge >= 0.3 is 0 Å². The lowest BCUT2D eigenvalue weighted by Crippen LogP contribution is -2.37. The summed E-state index contributed by atoms with van der Waals surface area (Å²) in [4.78, 5) is 2.28. The molecule has 0 aliphatic carbocycles. The fourth-order valence-corrected chi connectivity index (χ4v) is 3.95. The lowest BCUT2D eigenvalue weighted by molar-refractivity contribution is 0.0651. The van der Waals surface area contributed by atoms with Gasteiger partial charge in [0.05, 0.1) is 18.5 Å². The van der Waals surface area contributed by atoms with E-state index in [1.165, 1.54) is 5.56 Å². The molecule has 0 saturated carbocycles. The largest absolute Gasteiger partial charge is 0.393 e. The van der Waals surface area contributed by atoms with Crippen LogP contribution in [0.25, 0.3) is 17.1 Å². The summed E-state index contributed by atoms with van der Waals surface area (Å²) in [7, 11) is 0. The van der Waals surface area contributed by atoms with Gasteiger partial charge in [0.15, 0.2) is 5.82 Å². The first-order valence-electron chi connectivity index (χ1n) is 9.44. The van der Waals surface area contributed by atoms with Gasteiger partial charge in [-0.15, -0.1) is 5.10 Å². The first kappa shape index (κ1) is 19.3. The molecule has 3 aromatic rings. The quantitative estimate of drug-likeness (QED) is 0.641. The molecule has 28 heavy (non-hydrogen) atoms. The Morgan fingerprint density at radius 2 is 1.86 bits per heavy atom. The molecule has 0 bridgehead atoms. The van der Waals surface area contributed by atoms with E-state index in [0.717, 1.165) is 43.0 Å². The SMILES string of the molecule is Cc1cccc(-n2c(-c3ccc(Cl)cc3)nn(CN3CCC(O)CC3)c2=S)c1. The Morgan fingerprint density at radius 3 is 2.54 bits per heavy atom. The van der Waals surface area contributed by atoms with Crippen LogP contribution in [0.1, 0.15) is 18.4 Å². The standard InChI is InChI=1S/C21H23ClN4OS/c1-15-3-2-4-18(13-15)26-20(16-5-7-17(22)8-6-16)23-25(21(26)28)14-24-11-9-19(27)10-12-24/h2-8,13,19,27H,9-12,14H2,1H3. The molecule has 146 valence electrons. The van der Waals surface area contributed by atoms with E-state index in [9.17, 15) is 5.11 Å². The highest BCUT2D eigenvalue weighted by molar-refractivity contribution is 7.71. The van der Waals surface area contributed by atoms with E-state index < -0.39 is 0 Å². The topological polar surface area (TPSA) is 46.2 Å². The number of aryl methyl sites for hydroxylation is 1. The average Bonchev–Trinajstić information content (AvgIpc) is 3.00. The zero-order chi connectivity index (χ0) is 19.7. The fourth-order valence-electron chi connectivity index (χ4n) is 3.54. The molecule has 1 aliphatic rings. The molecule has 0 spiro atoms. The number of hydrogen-bond donors (Lipinski definition) is 1. The summed E-state index contributed by atoms with van der Waals surface area (Å²) in [6, 6.07) is 15.9. The zero-order valence-corrected chi connectivity index (χ0v) is 17.3. The Hall–Kier alpha value is -1.99. The Labute approximate surface area is 174 Å². The van der Waals surface area contributed by atoms with Crippen LogP contribution in [0.3, 0.4) is 0 Å². The van der Waals surface area contributed by atoms with Crippen molar-refractivity contribution in [3.8, 4) is 17.1 Å². The van der Waals surface area contributed by atoms with Gasteiger partial charge in [-0.05, 0) is 73.9 Å². The number of nitrogens with zero attached hydrogens (tertiary/aromatic N) is 4. The maximum absolute atomic E-state index is 9.76. The van der Waals surface area contributed by atoms with Crippen molar-refractivity contribution in [3.05, 3.63) is 63.9 Å². The Bertz CT molecular complexity index is 1020. The molecule has 1 aliphatic heterocycles. The van der Waals surface area contributed by atoms with Gasteiger partial charge in [-0.1, -0.05) is 23.7 Å². The summed E-state index contributed by atoms with van der Waals surface area (Å²) >= 11 is 11.9. The first-order chi connectivity index (χ1) is 13.5. The van der Waals surface area contributed by atoms with Crippen molar-refractivity contribution < 1.29 is 5.11 Å². The second kappa shape index (κ2) is 8.17. The third kappa shape index (κ3) is 4.05. The van der Waals surface area contributed by atoms with Gasteiger partial charge in [-0.3, -0.25) is 9.47 Å². The molecule has 0 unspecified atom stereocenters. The number of rotatable bonds is 4. The van der Waals surface area contributed by atoms with E-state index in [0.29, 0.717) is 16.5 Å². The number of hydrogen-bond acceptors (Lipinski definition) is 4. The number of aliphatic hydroxyl groups is 1. The van der Waals surface area contributed by atoms with E-state index in [2.05, 4.69) is 24.0 Å². The highest BCUT2D eigenvalue weighted by Crippen LogP contribution is 2.25. The Balaban J connectivity index is 1.77. The number of piperidine rings is 1. The van der Waals surface area contributed by atoms with Crippen molar-refractivity contribution in [3.63, 3.8) is 0 Å². The van der Waals surface area contributed by atoms with Crippen LogP contribution in [-0.4, -0.2) is 43.5 Å². The summed E-state index contributed by atoms with van der Waals surface area (Å²) in [5.41, 5.74) is 3.12. The molecule has 7 heteroatoms. The molecule has 2 heterocycles. The van der Waals surface area contributed by atoms with Gasteiger partial charge in [0.2, 0.25) is 4.77 Å². The average molecular weight is 415 g/mol. The second-order valence-corrected chi connectivity index (χ2v) is 8.08. The third-order valence-electron chi connectivity index (χ3n) is 5.09. The van der Waals surface area contributed by atoms with Crippen LogP contribution in [0.5, 0.6) is 0 Å². The summed E-state index contributed by atoms with van der Waals surface area (Å²) in [5.74, 6) is 0.796. The molecule has 5 nitrogen and oxygen atoms in total. The van der Waals surface area contributed by atoms with Gasteiger partial charge in [-0.25, -0.2) is 4.68 Å². The van der Waals surface area contributed by atoms with Gasteiger partial charge in [0.25, 0.3) is 0 Å². The van der Waals surface area contributed by atoms with Crippen molar-refractivity contribution in [2.75, 3.05) is 13.1 Å². The number of aromatic nitrogens is 3. The van der Waals surface area contributed by atoms with E-state index in [1.807, 2.05) is 45.6 Å². The van der Waals surface area contributed by atoms with Crippen LogP contribution in [0.2, 0.25) is 5.02 Å². The minimum Gasteiger partial charge on any atom is -0.393 e. The summed E-state index contributed by atoms with van der Waals surface area (Å²) < 4.78 is 4.55. The van der Waals surface area contributed by atoms with Crippen molar-refractivity contribution in [1.82, 2.24) is 19.2 Å². The smallest absolute Gasteiger partial charge is 0.204 e. The van der Waals surface area contributed by atoms with Gasteiger partial charge in [0.1, 0.15) is 0 Å². The van der Waals surface area contributed by atoms with Crippen LogP contribution >= 0.6 is 23.8 Å². The van der Waals surface area contributed by atoms with Crippen molar-refractivity contribution >= 4 is 23.8 Å². The van der Waals surface area contributed by atoms with E-state index >= 15 is 0 Å². The second-order valence-electron chi connectivity index (χ2n) is 7.28. The lowest BCUT2D eigenvalue weighted by atomic mass is 10.1. The molecule has 1 fully saturated rings. The molecule has 4 rings (SSSR count). The first-order valence-corrected chi connectivity index (χ1v) is 10.2. The maximum atomic E-state index is 9.76. The molecule has 1 saturated heterocycles. The van der Waals surface area contributed by atoms with Crippen LogP contribution in [-0.2, 0) is 6.67 Å². The predicted octanol–water partition coefficient (Wildman–Crippen LogP) is 4.45. The van der Waals surface area contributed by atoms with Crippen LogP contribution in [0.15, 0.2) is 48.5 Å². The predicted molar refractivity (Wildman–Crippen MR) is 114 cm³/mol. The molecule has 0 radical (unpaired) electrons. The molecule has 0 amide bonds. The van der Waals surface area contributed by atoms with E-state index in [4.69, 9.17) is 28.9 Å². The van der Waals surface area contributed by atoms with Crippen LogP contribution in [0.4, 0.5) is 0 Å². The summed E-state index contributed by atoms with van der Waals surface area (Å²) in [6.07, 6.45) is 1.38. The molecular weight excluding hydrogens is 392 g/mol. The molecule has 2 aromatic carbocycles. The van der Waals surface area contributed by atoms with E-state index in [-0.39, 0.29) is 6.10 Å². The van der Waals surface area contributed by atoms with Crippen molar-refractivity contribution in [2.24, 2.45) is 0 Å². The number of halogens is 1. The molecule has 0 atom stereocenters. The maximum Gasteiger partial charge on any atom is 0.204 e. The van der Waals surface area contributed by atoms with Crippen molar-refractivity contribution in [1.29, 1.82) is 0 Å². The van der Waals surface area contributed by atoms with Gasteiger partial charge in [-0.2, -0.15) is 0 Å². The molecular formula is C21H23ClN4OS. The van der Waals surface area contributed by atoms with Gasteiger partial charge < -0.3 is 5.11 Å². The number of aliphatic hydroxyl groups excluding tert-OH is 1. The van der Waals surface area contributed by atoms with Crippen LogP contribution in [0, 0.1) is 11.7 Å². The van der Waals surface area contributed by atoms with Gasteiger partial charge in [0, 0.05) is 23.7 Å². The Morgan fingerprint density at radius 1 is 1.14 bits per heavy atom. The molecule has 1 N–H and O–H groups in total. The monoisotopic (exact) mass is 414 g/mol. The lowest BCUT2D eigenvalue weighted by Gasteiger charge is -2.28. The Kier molecular flexibility index (Phi) is 5.64.